The first kappa shape index (κ1) is 20.1. The number of sulfone groups is 1. The number of urea groups is 1. The third-order valence-electron chi connectivity index (χ3n) is 6.04. The molecule has 0 bridgehead atoms. The maximum atomic E-state index is 12.5. The predicted octanol–water partition coefficient (Wildman–Crippen LogP) is 2.50. The third-order valence-corrected chi connectivity index (χ3v) is 7.75. The van der Waals surface area contributed by atoms with Crippen LogP contribution in [0.1, 0.15) is 38.5 Å². The van der Waals surface area contributed by atoms with Gasteiger partial charge in [-0.3, -0.25) is 0 Å². The summed E-state index contributed by atoms with van der Waals surface area (Å²) in [5.74, 6) is 0.621. The van der Waals surface area contributed by atoms with Crippen LogP contribution in [0.25, 0.3) is 0 Å². The summed E-state index contributed by atoms with van der Waals surface area (Å²) in [5.41, 5.74) is 5.62. The SMILES string of the molecule is NC(=O)N1CCCCCC1C1CCN(CCS(=O)(=O)c2ccccc2)CC1. The van der Waals surface area contributed by atoms with Crippen LogP contribution in [0.2, 0.25) is 0 Å². The molecule has 2 aliphatic heterocycles. The molecule has 1 aromatic rings. The summed E-state index contributed by atoms with van der Waals surface area (Å²) in [6.45, 7) is 3.11. The molecule has 0 aliphatic carbocycles. The van der Waals surface area contributed by atoms with Crippen LogP contribution in [-0.2, 0) is 9.84 Å². The van der Waals surface area contributed by atoms with E-state index >= 15 is 0 Å². The highest BCUT2D eigenvalue weighted by molar-refractivity contribution is 7.91. The van der Waals surface area contributed by atoms with Gasteiger partial charge in [0, 0.05) is 19.1 Å². The Bertz CT molecular complexity index is 715. The molecule has 0 spiro atoms. The number of nitrogens with zero attached hydrogens (tertiary/aromatic N) is 2. The van der Waals surface area contributed by atoms with Crippen LogP contribution in [0.4, 0.5) is 4.79 Å². The van der Waals surface area contributed by atoms with Crippen LogP contribution < -0.4 is 5.73 Å². The molecule has 2 fully saturated rings. The van der Waals surface area contributed by atoms with Crippen LogP contribution >= 0.6 is 0 Å². The highest BCUT2D eigenvalue weighted by Gasteiger charge is 2.33. The van der Waals surface area contributed by atoms with E-state index in [9.17, 15) is 13.2 Å². The Labute approximate surface area is 162 Å². The second kappa shape index (κ2) is 9.06. The lowest BCUT2D eigenvalue weighted by Crippen LogP contribution is -2.50. The van der Waals surface area contributed by atoms with Crippen LogP contribution in [0.5, 0.6) is 0 Å². The van der Waals surface area contributed by atoms with Gasteiger partial charge in [0.25, 0.3) is 0 Å². The summed E-state index contributed by atoms with van der Waals surface area (Å²) in [5, 5.41) is 0. The maximum absolute atomic E-state index is 12.5. The van der Waals surface area contributed by atoms with E-state index in [1.165, 1.54) is 0 Å². The van der Waals surface area contributed by atoms with E-state index in [-0.39, 0.29) is 17.8 Å². The van der Waals surface area contributed by atoms with Crippen molar-refractivity contribution in [2.45, 2.75) is 49.5 Å². The molecular formula is C20H31N3O3S. The Morgan fingerprint density at radius 2 is 1.70 bits per heavy atom. The fraction of sp³-hybridized carbons (Fsp3) is 0.650. The topological polar surface area (TPSA) is 83.7 Å². The van der Waals surface area contributed by atoms with Gasteiger partial charge in [-0.05, 0) is 56.8 Å². The largest absolute Gasteiger partial charge is 0.351 e. The zero-order chi connectivity index (χ0) is 19.3. The van der Waals surface area contributed by atoms with Crippen molar-refractivity contribution in [3.05, 3.63) is 30.3 Å². The van der Waals surface area contributed by atoms with Crippen molar-refractivity contribution < 1.29 is 13.2 Å². The van der Waals surface area contributed by atoms with Crippen LogP contribution in [0, 0.1) is 5.92 Å². The van der Waals surface area contributed by atoms with Gasteiger partial charge in [0.1, 0.15) is 0 Å². The van der Waals surface area contributed by atoms with Crippen LogP contribution in [-0.4, -0.2) is 62.2 Å². The van der Waals surface area contributed by atoms with E-state index in [4.69, 9.17) is 5.73 Å². The average Bonchev–Trinajstić information content (AvgIpc) is 2.94. The maximum Gasteiger partial charge on any atom is 0.315 e. The van der Waals surface area contributed by atoms with Gasteiger partial charge in [0.2, 0.25) is 0 Å². The molecule has 6 nitrogen and oxygen atoms in total. The van der Waals surface area contributed by atoms with Gasteiger partial charge in [-0.25, -0.2) is 13.2 Å². The van der Waals surface area contributed by atoms with Gasteiger partial charge in [0.15, 0.2) is 9.84 Å². The number of carbonyl (C=O) groups excluding carboxylic acids is 1. The molecule has 7 heteroatoms. The number of carbonyl (C=O) groups is 1. The van der Waals surface area contributed by atoms with Gasteiger partial charge < -0.3 is 15.5 Å². The van der Waals surface area contributed by atoms with Gasteiger partial charge in [-0.15, -0.1) is 0 Å². The minimum atomic E-state index is -3.23. The number of piperidine rings is 1. The molecule has 27 heavy (non-hydrogen) atoms. The predicted molar refractivity (Wildman–Crippen MR) is 106 cm³/mol. The first-order chi connectivity index (χ1) is 13.0. The van der Waals surface area contributed by atoms with Crippen molar-refractivity contribution in [3.63, 3.8) is 0 Å². The van der Waals surface area contributed by atoms with E-state index in [1.54, 1.807) is 24.3 Å². The van der Waals surface area contributed by atoms with Gasteiger partial charge >= 0.3 is 6.03 Å². The van der Waals surface area contributed by atoms with E-state index in [1.807, 2.05) is 11.0 Å². The van der Waals surface area contributed by atoms with Crippen LogP contribution in [0.3, 0.4) is 0 Å². The number of likely N-dealkylation sites (tertiary alicyclic amines) is 2. The second-order valence-corrected chi connectivity index (χ2v) is 9.87. The Balaban J connectivity index is 1.52. The molecule has 0 aromatic heterocycles. The number of benzene rings is 1. The molecule has 2 amide bonds. The highest BCUT2D eigenvalue weighted by Crippen LogP contribution is 2.30. The minimum Gasteiger partial charge on any atom is -0.351 e. The Hall–Kier alpha value is -1.60. The van der Waals surface area contributed by atoms with Crippen molar-refractivity contribution in [1.29, 1.82) is 0 Å². The molecule has 3 rings (SSSR count). The molecule has 2 heterocycles. The Morgan fingerprint density at radius 3 is 2.37 bits per heavy atom. The molecule has 150 valence electrons. The molecule has 2 N–H and O–H groups in total. The van der Waals surface area contributed by atoms with E-state index in [0.29, 0.717) is 17.4 Å². The molecule has 2 saturated heterocycles. The van der Waals surface area contributed by atoms with Gasteiger partial charge in [0.05, 0.1) is 10.6 Å². The summed E-state index contributed by atoms with van der Waals surface area (Å²) in [7, 11) is -3.23. The summed E-state index contributed by atoms with van der Waals surface area (Å²) >= 11 is 0. The van der Waals surface area contributed by atoms with E-state index in [2.05, 4.69) is 4.90 Å². The number of nitrogens with two attached hydrogens (primary N) is 1. The zero-order valence-corrected chi connectivity index (χ0v) is 16.7. The molecule has 1 unspecified atom stereocenters. The average molecular weight is 394 g/mol. The zero-order valence-electron chi connectivity index (χ0n) is 15.9. The van der Waals surface area contributed by atoms with Crippen molar-refractivity contribution in [3.8, 4) is 0 Å². The number of primary amides is 1. The summed E-state index contributed by atoms with van der Waals surface area (Å²) in [6, 6.07) is 8.62. The summed E-state index contributed by atoms with van der Waals surface area (Å²) < 4.78 is 24.9. The third kappa shape index (κ3) is 5.23. The highest BCUT2D eigenvalue weighted by atomic mass is 32.2. The second-order valence-electron chi connectivity index (χ2n) is 7.76. The summed E-state index contributed by atoms with van der Waals surface area (Å²) in [6.07, 6.45) is 6.39. The van der Waals surface area contributed by atoms with Crippen molar-refractivity contribution >= 4 is 15.9 Å². The number of hydrogen-bond acceptors (Lipinski definition) is 4. The quantitative estimate of drug-likeness (QED) is 0.833. The van der Waals surface area contributed by atoms with Crippen molar-refractivity contribution in [1.82, 2.24) is 9.80 Å². The Kier molecular flexibility index (Phi) is 6.76. The molecule has 0 saturated carbocycles. The number of amides is 2. The van der Waals surface area contributed by atoms with Gasteiger partial charge in [-0.2, -0.15) is 0 Å². The lowest BCUT2D eigenvalue weighted by Gasteiger charge is -2.40. The number of hydrogen-bond donors (Lipinski definition) is 1. The molecule has 2 aliphatic rings. The van der Waals surface area contributed by atoms with Crippen molar-refractivity contribution in [2.75, 3.05) is 31.9 Å². The number of rotatable bonds is 5. The van der Waals surface area contributed by atoms with Crippen LogP contribution in [0.15, 0.2) is 35.2 Å². The fourth-order valence-electron chi connectivity index (χ4n) is 4.45. The normalized spacial score (nSPS) is 23.1. The minimum absolute atomic E-state index is 0.151. The smallest absolute Gasteiger partial charge is 0.315 e. The molecule has 1 atom stereocenters. The lowest BCUT2D eigenvalue weighted by molar-refractivity contribution is 0.107. The van der Waals surface area contributed by atoms with Crippen molar-refractivity contribution in [2.24, 2.45) is 11.7 Å². The van der Waals surface area contributed by atoms with Gasteiger partial charge in [-0.1, -0.05) is 31.0 Å². The first-order valence-electron chi connectivity index (χ1n) is 10.0. The standard InChI is InChI=1S/C20H31N3O3S/c21-20(24)23-12-6-2-5-9-19(23)17-10-13-22(14-11-17)15-16-27(25,26)18-7-3-1-4-8-18/h1,3-4,7-8,17,19H,2,5-6,9-16H2,(H2,21,24). The lowest BCUT2D eigenvalue weighted by atomic mass is 9.86. The Morgan fingerprint density at radius 1 is 1.00 bits per heavy atom. The molecule has 0 radical (unpaired) electrons. The molecule has 1 aromatic carbocycles. The fourth-order valence-corrected chi connectivity index (χ4v) is 5.76. The van der Waals surface area contributed by atoms with E-state index < -0.39 is 9.84 Å². The first-order valence-corrected chi connectivity index (χ1v) is 11.7. The summed E-state index contributed by atoms with van der Waals surface area (Å²) in [4.78, 5) is 16.4. The monoisotopic (exact) mass is 393 g/mol. The molecular weight excluding hydrogens is 362 g/mol. The van der Waals surface area contributed by atoms with E-state index in [0.717, 1.165) is 58.2 Å².